The Morgan fingerprint density at radius 3 is 2.11 bits per heavy atom. The third-order valence-corrected chi connectivity index (χ3v) is 12.3. The van der Waals surface area contributed by atoms with E-state index in [-0.39, 0.29) is 72.6 Å². The molecule has 7 aromatic rings. The molecule has 0 amide bonds. The van der Waals surface area contributed by atoms with E-state index in [0.717, 1.165) is 17.2 Å². The maximum absolute atomic E-state index is 14.6. The normalized spacial score (nSPS) is 12.0. The van der Waals surface area contributed by atoms with E-state index in [1.807, 2.05) is 32.0 Å². The molecule has 2 aromatic heterocycles. The van der Waals surface area contributed by atoms with E-state index >= 15 is 0 Å². The number of aromatic hydroxyl groups is 1. The summed E-state index contributed by atoms with van der Waals surface area (Å²) in [4.78, 5) is 57.3. The van der Waals surface area contributed by atoms with Crippen molar-refractivity contribution in [2.75, 3.05) is 16.0 Å². The zero-order valence-electron chi connectivity index (χ0n) is 33.6. The first-order valence-electron chi connectivity index (χ1n) is 19.2. The number of carbonyl (C=O) groups is 2. The molecule has 0 atom stereocenters. The lowest BCUT2D eigenvalue weighted by molar-refractivity contribution is -0.432. The summed E-state index contributed by atoms with van der Waals surface area (Å²) in [6, 6.07) is 22.6. The maximum atomic E-state index is 14.6. The lowest BCUT2D eigenvalue weighted by Crippen LogP contribution is -2.24. The van der Waals surface area contributed by atoms with Gasteiger partial charge in [0.15, 0.2) is 11.6 Å². The number of nitrogens with one attached hydrogen (secondary N) is 4. The molecule has 65 heavy (non-hydrogen) atoms. The van der Waals surface area contributed by atoms with Crippen molar-refractivity contribution in [1.29, 1.82) is 0 Å². The highest BCUT2D eigenvalue weighted by Gasteiger charge is 2.34. The Labute approximate surface area is 375 Å². The molecule has 1 aliphatic rings. The highest BCUT2D eigenvalue weighted by molar-refractivity contribution is 7.95. The number of anilines is 6. The lowest BCUT2D eigenvalue weighted by Gasteiger charge is -2.25. The summed E-state index contributed by atoms with van der Waals surface area (Å²) >= 11 is 0.932. The number of hydrogen-bond donors (Lipinski definition) is 8. The smallest absolute Gasteiger partial charge is 0.320 e. The topological polar surface area (TPSA) is 294 Å². The lowest BCUT2D eigenvalue weighted by atomic mass is 9.80. The van der Waals surface area contributed by atoms with Gasteiger partial charge >= 0.3 is 6.01 Å². The van der Waals surface area contributed by atoms with Crippen LogP contribution in [0.2, 0.25) is 0 Å². The minimum Gasteiger partial charge on any atom is -0.479 e. The Hall–Kier alpha value is -6.77. The summed E-state index contributed by atoms with van der Waals surface area (Å²) in [5.74, 6) is -1.67. The summed E-state index contributed by atoms with van der Waals surface area (Å²) < 4.78 is 45.5. The van der Waals surface area contributed by atoms with Crippen LogP contribution in [0.5, 0.6) is 6.01 Å². The van der Waals surface area contributed by atoms with Crippen LogP contribution in [0.15, 0.2) is 110 Å². The number of fused-ring (bicyclic) bond motifs is 2. The van der Waals surface area contributed by atoms with Crippen LogP contribution in [0.4, 0.5) is 34.6 Å². The molecule has 8 N–H and O–H groups in total. The highest BCUT2D eigenvalue weighted by atomic mass is 32.2. The van der Waals surface area contributed by atoms with Crippen LogP contribution < -0.4 is 21.5 Å². The Balaban J connectivity index is 1.27. The van der Waals surface area contributed by atoms with Crippen molar-refractivity contribution in [3.05, 3.63) is 135 Å². The van der Waals surface area contributed by atoms with E-state index in [1.165, 1.54) is 42.5 Å². The fourth-order valence-corrected chi connectivity index (χ4v) is 9.10. The van der Waals surface area contributed by atoms with Crippen LogP contribution in [0.1, 0.15) is 56.8 Å². The van der Waals surface area contributed by atoms with E-state index in [2.05, 4.69) is 54.6 Å². The van der Waals surface area contributed by atoms with Crippen LogP contribution in [-0.2, 0) is 41.7 Å². The first kappa shape index (κ1) is 44.8. The van der Waals surface area contributed by atoms with Gasteiger partial charge < -0.3 is 26.0 Å². The van der Waals surface area contributed by atoms with Gasteiger partial charge in [0.2, 0.25) is 11.9 Å². The Kier molecular flexibility index (Phi) is 12.9. The Bertz CT molecular complexity index is 3200. The molecule has 2 heterocycles. The van der Waals surface area contributed by atoms with E-state index in [4.69, 9.17) is 10.5 Å². The number of hydrogen-bond acceptors (Lipinski definition) is 20. The van der Waals surface area contributed by atoms with Gasteiger partial charge in [0.25, 0.3) is 15.7 Å². The summed E-state index contributed by atoms with van der Waals surface area (Å²) in [5, 5.41) is 45.0. The number of aryl methyl sites for hydroxylation is 2. The first-order chi connectivity index (χ1) is 31.3. The van der Waals surface area contributed by atoms with Crippen molar-refractivity contribution < 1.29 is 56.9 Å². The summed E-state index contributed by atoms with van der Waals surface area (Å²) in [5.41, 5.74) is 2.14. The molecule has 0 fully saturated rings. The van der Waals surface area contributed by atoms with Crippen molar-refractivity contribution in [2.45, 2.75) is 41.4 Å². The molecule has 8 rings (SSSR count). The molecule has 20 nitrogen and oxygen atoms in total. The van der Waals surface area contributed by atoms with Crippen LogP contribution in [0.25, 0.3) is 22.0 Å². The molecule has 23 heteroatoms. The van der Waals surface area contributed by atoms with Gasteiger partial charge in [-0.3, -0.25) is 18.9 Å². The molecular formula is C42H33N7O13S3. The van der Waals surface area contributed by atoms with E-state index < -0.39 is 38.1 Å². The molecule has 1 aliphatic carbocycles. The number of aromatic nitrogens is 4. The van der Waals surface area contributed by atoms with E-state index in [1.54, 1.807) is 24.3 Å². The number of aromatic amines is 1. The van der Waals surface area contributed by atoms with Gasteiger partial charge in [0.05, 0.1) is 57.2 Å². The van der Waals surface area contributed by atoms with Gasteiger partial charge in [-0.15, -0.1) is 8.67 Å². The number of nitrogens with zero attached hydrogens (tertiary/aromatic N) is 3. The summed E-state index contributed by atoms with van der Waals surface area (Å²) in [7, 11) is -5.06. The van der Waals surface area contributed by atoms with Crippen LogP contribution >= 0.6 is 24.1 Å². The molecular weight excluding hydrogens is 907 g/mol. The third-order valence-electron chi connectivity index (χ3n) is 10.2. The minimum absolute atomic E-state index is 0.000132. The standard InChI is InChI=1S/C42H33N7O13S3/c1-3-20-9-7-10-21(4-2)36(20)46-41-47-40(48-42(53)49-41)45-29-18-28(30(64-62-60-55)19-31(29)65(56,57)58)43-27-16-15-26-33-32(24-13-5-6-14-25(24)38(51)34(27)33)35(39(52)44-26)37(50)22-11-8-12-23(17-22)63-61-59-54/h5-19,43,54-55H,3-4H2,1-2H3,(H,44,52)(H,56,57,58)(H3,45,46,47,48,49,53). The van der Waals surface area contributed by atoms with Crippen LogP contribution in [0.3, 0.4) is 0 Å². The fourth-order valence-electron chi connectivity index (χ4n) is 7.49. The molecule has 5 aromatic carbocycles. The van der Waals surface area contributed by atoms with Gasteiger partial charge in [-0.25, -0.2) is 10.5 Å². The average molecular weight is 940 g/mol. The second-order valence-corrected chi connectivity index (χ2v) is 16.8. The predicted octanol–water partition coefficient (Wildman–Crippen LogP) is 8.32. The highest BCUT2D eigenvalue weighted by Crippen LogP contribution is 2.45. The van der Waals surface area contributed by atoms with Gasteiger partial charge in [-0.2, -0.15) is 23.4 Å². The fraction of sp³-hybridized carbons (Fsp3) is 0.0952. The van der Waals surface area contributed by atoms with Crippen LogP contribution in [0, 0.1) is 0 Å². The van der Waals surface area contributed by atoms with Crippen LogP contribution in [-0.4, -0.2) is 60.1 Å². The Morgan fingerprint density at radius 1 is 0.738 bits per heavy atom. The molecule has 0 radical (unpaired) electrons. The third kappa shape index (κ3) is 9.01. The molecule has 0 saturated carbocycles. The predicted molar refractivity (Wildman–Crippen MR) is 237 cm³/mol. The number of carbonyl (C=O) groups excluding carboxylic acids is 2. The second-order valence-electron chi connectivity index (χ2n) is 13.9. The van der Waals surface area contributed by atoms with Crippen molar-refractivity contribution in [3.63, 3.8) is 0 Å². The average Bonchev–Trinajstić information content (AvgIpc) is 3.29. The quantitative estimate of drug-likeness (QED) is 0.0140. The van der Waals surface area contributed by atoms with Gasteiger partial charge in [0.1, 0.15) is 4.90 Å². The number of para-hydroxylation sites is 1. The SMILES string of the molecule is CCc1cccc(CC)c1Nc1nc(O)nc(Nc2cc(Nc3ccc4[nH]c(=O)c(C(=O)c5cccc(SOOO)c5)c5c4c3C(=O)c3ccccc3-5)c(SOOO)cc2S(=O)(=O)O)n1. The largest absolute Gasteiger partial charge is 0.479 e. The Morgan fingerprint density at radius 2 is 1.42 bits per heavy atom. The summed E-state index contributed by atoms with van der Waals surface area (Å²) in [6.07, 6.45) is 1.31. The minimum atomic E-state index is -5.06. The maximum Gasteiger partial charge on any atom is 0.320 e. The molecule has 332 valence electrons. The molecule has 0 aliphatic heterocycles. The number of pyridine rings is 1. The molecule has 0 bridgehead atoms. The number of benzene rings is 5. The number of ketones is 2. The molecule has 0 saturated heterocycles. The van der Waals surface area contributed by atoms with Crippen molar-refractivity contribution in [1.82, 2.24) is 19.9 Å². The molecule has 0 unspecified atom stereocenters. The zero-order valence-corrected chi connectivity index (χ0v) is 36.1. The second kappa shape index (κ2) is 18.8. The number of rotatable bonds is 17. The van der Waals surface area contributed by atoms with Crippen molar-refractivity contribution in [3.8, 4) is 17.1 Å². The van der Waals surface area contributed by atoms with Gasteiger partial charge in [0, 0.05) is 38.2 Å². The van der Waals surface area contributed by atoms with Gasteiger partial charge in [-0.05, 0) is 65.9 Å². The van der Waals surface area contributed by atoms with Gasteiger partial charge in [-0.1, -0.05) is 78.5 Å². The van der Waals surface area contributed by atoms with Crippen molar-refractivity contribution in [2.24, 2.45) is 0 Å². The molecule has 0 spiro atoms. The number of H-pyrrole nitrogens is 1. The monoisotopic (exact) mass is 939 g/mol. The summed E-state index contributed by atoms with van der Waals surface area (Å²) in [6.45, 7) is 3.94. The van der Waals surface area contributed by atoms with E-state index in [9.17, 15) is 32.5 Å². The zero-order chi connectivity index (χ0) is 46.0. The van der Waals surface area contributed by atoms with E-state index in [0.29, 0.717) is 53.1 Å². The first-order valence-corrected chi connectivity index (χ1v) is 22.1. The van der Waals surface area contributed by atoms with Crippen molar-refractivity contribution >= 4 is 91.3 Å².